The first-order chi connectivity index (χ1) is 7.88. The highest BCUT2D eigenvalue weighted by Crippen LogP contribution is 2.39. The summed E-state index contributed by atoms with van der Waals surface area (Å²) in [6, 6.07) is 0. The van der Waals surface area contributed by atoms with Crippen LogP contribution in [0.3, 0.4) is 0 Å². The highest BCUT2D eigenvalue weighted by molar-refractivity contribution is 7.99. The molecular weight excluding hydrogens is 222 g/mol. The van der Waals surface area contributed by atoms with Crippen molar-refractivity contribution in [1.82, 2.24) is 14.8 Å². The van der Waals surface area contributed by atoms with Crippen molar-refractivity contribution in [2.75, 3.05) is 12.4 Å². The summed E-state index contributed by atoms with van der Waals surface area (Å²) in [5, 5.41) is 18.4. The fourth-order valence-electron chi connectivity index (χ4n) is 2.59. The van der Waals surface area contributed by atoms with Gasteiger partial charge in [-0.15, -0.1) is 10.2 Å². The molecule has 2 aliphatic heterocycles. The normalized spacial score (nSPS) is 29.3. The van der Waals surface area contributed by atoms with Gasteiger partial charge in [0.1, 0.15) is 11.6 Å². The Labute approximate surface area is 99.4 Å². The van der Waals surface area contributed by atoms with Crippen LogP contribution in [0.2, 0.25) is 0 Å². The lowest BCUT2D eigenvalue weighted by Crippen LogP contribution is -2.23. The molecule has 0 aliphatic carbocycles. The molecule has 2 atom stereocenters. The van der Waals surface area contributed by atoms with Crippen LogP contribution in [0, 0.1) is 5.92 Å². The summed E-state index contributed by atoms with van der Waals surface area (Å²) in [4.78, 5) is 0. The third kappa shape index (κ3) is 1.76. The second-order valence-corrected chi connectivity index (χ2v) is 5.98. The number of fused-ring (bicyclic) bond motifs is 1. The summed E-state index contributed by atoms with van der Waals surface area (Å²) in [5.41, 5.74) is 0. The Morgan fingerprint density at radius 2 is 2.31 bits per heavy atom. The minimum absolute atomic E-state index is 0.278. The zero-order valence-electron chi connectivity index (χ0n) is 9.30. The van der Waals surface area contributed by atoms with Crippen molar-refractivity contribution in [2.45, 2.75) is 37.5 Å². The van der Waals surface area contributed by atoms with E-state index in [4.69, 9.17) is 0 Å². The first-order valence-corrected chi connectivity index (χ1v) is 7.08. The van der Waals surface area contributed by atoms with E-state index >= 15 is 0 Å². The van der Waals surface area contributed by atoms with E-state index < -0.39 is 0 Å². The van der Waals surface area contributed by atoms with Gasteiger partial charge in [0.15, 0.2) is 0 Å². The molecule has 88 valence electrons. The summed E-state index contributed by atoms with van der Waals surface area (Å²) in [7, 11) is 0. The monoisotopic (exact) mass is 239 g/mol. The Morgan fingerprint density at radius 3 is 3.06 bits per heavy atom. The van der Waals surface area contributed by atoms with Crippen molar-refractivity contribution in [3.8, 4) is 0 Å². The van der Waals surface area contributed by atoms with E-state index in [1.165, 1.54) is 24.4 Å². The van der Waals surface area contributed by atoms with Crippen molar-refractivity contribution < 1.29 is 5.11 Å². The van der Waals surface area contributed by atoms with Gasteiger partial charge < -0.3 is 9.67 Å². The zero-order valence-corrected chi connectivity index (χ0v) is 10.1. The average Bonchev–Trinajstić information content (AvgIpc) is 2.96. The minimum atomic E-state index is 0.278. The minimum Gasteiger partial charge on any atom is -0.396 e. The van der Waals surface area contributed by atoms with Gasteiger partial charge in [-0.3, -0.25) is 0 Å². The third-order valence-electron chi connectivity index (χ3n) is 3.56. The number of nitrogens with zero attached hydrogens (tertiary/aromatic N) is 3. The molecule has 3 heterocycles. The number of hydrogen-bond acceptors (Lipinski definition) is 4. The van der Waals surface area contributed by atoms with E-state index in [1.807, 2.05) is 11.8 Å². The van der Waals surface area contributed by atoms with Crippen LogP contribution in [0.15, 0.2) is 0 Å². The first kappa shape index (κ1) is 10.6. The van der Waals surface area contributed by atoms with Crippen LogP contribution in [0.25, 0.3) is 0 Å². The fraction of sp³-hybridized carbons (Fsp3) is 0.818. The molecule has 1 aromatic heterocycles. The Balaban J connectivity index is 1.84. The second kappa shape index (κ2) is 4.37. The maximum Gasteiger partial charge on any atom is 0.146 e. The van der Waals surface area contributed by atoms with Gasteiger partial charge in [0.2, 0.25) is 0 Å². The van der Waals surface area contributed by atoms with E-state index in [1.54, 1.807) is 0 Å². The van der Waals surface area contributed by atoms with Gasteiger partial charge in [-0.1, -0.05) is 0 Å². The van der Waals surface area contributed by atoms with Crippen molar-refractivity contribution in [2.24, 2.45) is 5.92 Å². The Morgan fingerprint density at radius 1 is 1.38 bits per heavy atom. The summed E-state index contributed by atoms with van der Waals surface area (Å²) in [6.45, 7) is 1.26. The highest BCUT2D eigenvalue weighted by atomic mass is 32.2. The maximum absolute atomic E-state index is 9.17. The Bertz CT molecular complexity index is 373. The van der Waals surface area contributed by atoms with E-state index in [2.05, 4.69) is 14.8 Å². The summed E-state index contributed by atoms with van der Waals surface area (Å²) < 4.78 is 2.29. The van der Waals surface area contributed by atoms with Crippen LogP contribution >= 0.6 is 11.8 Å². The van der Waals surface area contributed by atoms with Gasteiger partial charge in [0.05, 0.1) is 5.25 Å². The largest absolute Gasteiger partial charge is 0.396 e. The maximum atomic E-state index is 9.17. The quantitative estimate of drug-likeness (QED) is 0.847. The molecule has 5 heteroatoms. The van der Waals surface area contributed by atoms with E-state index in [9.17, 15) is 5.11 Å². The number of hydrogen-bond donors (Lipinski definition) is 1. The molecule has 4 nitrogen and oxygen atoms in total. The molecule has 0 saturated carbocycles. The number of aliphatic hydroxyl groups is 1. The summed E-state index contributed by atoms with van der Waals surface area (Å²) >= 11 is 2.01. The molecule has 0 amide bonds. The Kier molecular flexibility index (Phi) is 2.90. The lowest BCUT2D eigenvalue weighted by molar-refractivity contribution is 0.198. The van der Waals surface area contributed by atoms with E-state index in [0.29, 0.717) is 11.2 Å². The molecule has 0 radical (unpaired) electrons. The predicted octanol–water partition coefficient (Wildman–Crippen LogP) is 1.40. The van der Waals surface area contributed by atoms with Gasteiger partial charge in [0.25, 0.3) is 0 Å². The molecular formula is C11H17N3OS. The summed E-state index contributed by atoms with van der Waals surface area (Å²) in [6.07, 6.45) is 4.50. The van der Waals surface area contributed by atoms with E-state index in [-0.39, 0.29) is 6.61 Å². The Hall–Kier alpha value is -0.550. The topological polar surface area (TPSA) is 50.9 Å². The van der Waals surface area contributed by atoms with Gasteiger partial charge in [0, 0.05) is 19.6 Å². The average molecular weight is 239 g/mol. The van der Waals surface area contributed by atoms with Crippen molar-refractivity contribution in [1.29, 1.82) is 0 Å². The van der Waals surface area contributed by atoms with E-state index in [0.717, 1.165) is 25.2 Å². The van der Waals surface area contributed by atoms with Crippen LogP contribution in [-0.2, 0) is 13.0 Å². The number of thioether (sulfide) groups is 1. The molecule has 0 spiro atoms. The van der Waals surface area contributed by atoms with Crippen molar-refractivity contribution in [3.63, 3.8) is 0 Å². The molecule has 3 rings (SSSR count). The van der Waals surface area contributed by atoms with Crippen LogP contribution in [-0.4, -0.2) is 32.2 Å². The second-order valence-electron chi connectivity index (χ2n) is 4.67. The van der Waals surface area contributed by atoms with Gasteiger partial charge >= 0.3 is 0 Å². The van der Waals surface area contributed by atoms with Gasteiger partial charge in [-0.2, -0.15) is 11.8 Å². The molecule has 2 aliphatic rings. The number of rotatable bonds is 2. The molecule has 0 aromatic carbocycles. The number of aliphatic hydroxyl groups excluding tert-OH is 1. The first-order valence-electron chi connectivity index (χ1n) is 6.03. The van der Waals surface area contributed by atoms with Gasteiger partial charge in [-0.25, -0.2) is 0 Å². The SMILES string of the molecule is OCC1CCn2c(nnc2C2CCCS2)C1. The predicted molar refractivity (Wildman–Crippen MR) is 63.4 cm³/mol. The standard InChI is InChI=1S/C11H17N3OS/c15-7-8-3-4-14-10(6-8)12-13-11(14)9-2-1-5-16-9/h8-9,15H,1-7H2. The smallest absolute Gasteiger partial charge is 0.146 e. The molecule has 1 aromatic rings. The van der Waals surface area contributed by atoms with Crippen LogP contribution < -0.4 is 0 Å². The van der Waals surface area contributed by atoms with Crippen LogP contribution in [0.5, 0.6) is 0 Å². The lowest BCUT2D eigenvalue weighted by Gasteiger charge is -2.22. The van der Waals surface area contributed by atoms with Crippen molar-refractivity contribution in [3.05, 3.63) is 11.6 Å². The molecule has 0 bridgehead atoms. The summed E-state index contributed by atoms with van der Waals surface area (Å²) in [5.74, 6) is 3.90. The van der Waals surface area contributed by atoms with Gasteiger partial charge in [-0.05, 0) is 30.9 Å². The molecule has 1 fully saturated rings. The third-order valence-corrected chi connectivity index (χ3v) is 4.94. The number of aromatic nitrogens is 3. The molecule has 2 unspecified atom stereocenters. The fourth-order valence-corrected chi connectivity index (χ4v) is 3.87. The van der Waals surface area contributed by atoms with Crippen molar-refractivity contribution >= 4 is 11.8 Å². The molecule has 1 N–H and O–H groups in total. The highest BCUT2D eigenvalue weighted by Gasteiger charge is 2.28. The zero-order chi connectivity index (χ0) is 11.0. The molecule has 1 saturated heterocycles. The molecule has 16 heavy (non-hydrogen) atoms. The van der Waals surface area contributed by atoms with Crippen LogP contribution in [0.4, 0.5) is 0 Å². The van der Waals surface area contributed by atoms with Crippen LogP contribution in [0.1, 0.15) is 36.2 Å². The lowest BCUT2D eigenvalue weighted by atomic mass is 9.99.